The lowest BCUT2D eigenvalue weighted by Gasteiger charge is -2.19. The number of carbonyl (C=O) groups is 2. The van der Waals surface area contributed by atoms with Gasteiger partial charge in [0.1, 0.15) is 13.2 Å². The van der Waals surface area contributed by atoms with Gasteiger partial charge in [-0.25, -0.2) is 0 Å². The molecule has 1 aliphatic rings. The number of carboxylic acids is 1. The normalized spacial score (nSPS) is 14.6. The number of carboxylic acid groups (broad SMARTS) is 1. The van der Waals surface area contributed by atoms with Crippen LogP contribution >= 0.6 is 0 Å². The molecule has 17 heavy (non-hydrogen) atoms. The SMILES string of the molecule is CCOCCOCC(=O)N(CC(=O)O)C1CC1. The standard InChI is InChI=1S/C11H19NO5/c1-2-16-5-6-17-8-10(13)12(7-11(14)15)9-3-4-9/h9H,2-8H2,1H3,(H,14,15). The number of rotatable bonds is 9. The van der Waals surface area contributed by atoms with Crippen LogP contribution in [0.3, 0.4) is 0 Å². The summed E-state index contributed by atoms with van der Waals surface area (Å²) in [6.07, 6.45) is 1.77. The second-order valence-corrected chi connectivity index (χ2v) is 3.90. The highest BCUT2D eigenvalue weighted by atomic mass is 16.5. The van der Waals surface area contributed by atoms with Crippen LogP contribution in [-0.2, 0) is 19.1 Å². The summed E-state index contributed by atoms with van der Waals surface area (Å²) in [6, 6.07) is 0.0918. The van der Waals surface area contributed by atoms with Crippen LogP contribution in [0.5, 0.6) is 0 Å². The predicted octanol–water partition coefficient (Wildman–Crippen LogP) is 0.115. The van der Waals surface area contributed by atoms with Crippen molar-refractivity contribution in [2.45, 2.75) is 25.8 Å². The van der Waals surface area contributed by atoms with Crippen molar-refractivity contribution in [1.82, 2.24) is 4.90 Å². The molecule has 1 aliphatic carbocycles. The van der Waals surface area contributed by atoms with Gasteiger partial charge in [-0.3, -0.25) is 9.59 Å². The number of hydrogen-bond acceptors (Lipinski definition) is 4. The second-order valence-electron chi connectivity index (χ2n) is 3.90. The van der Waals surface area contributed by atoms with Gasteiger partial charge in [-0.05, 0) is 19.8 Å². The Kier molecular flexibility index (Phi) is 5.93. The molecule has 0 saturated heterocycles. The quantitative estimate of drug-likeness (QED) is 0.584. The van der Waals surface area contributed by atoms with Gasteiger partial charge in [0.15, 0.2) is 0 Å². The number of hydrogen-bond donors (Lipinski definition) is 1. The van der Waals surface area contributed by atoms with Crippen molar-refractivity contribution in [3.05, 3.63) is 0 Å². The van der Waals surface area contributed by atoms with Crippen molar-refractivity contribution in [2.24, 2.45) is 0 Å². The average molecular weight is 245 g/mol. The van der Waals surface area contributed by atoms with E-state index in [4.69, 9.17) is 14.6 Å². The minimum Gasteiger partial charge on any atom is -0.480 e. The molecular formula is C11H19NO5. The predicted molar refractivity (Wildman–Crippen MR) is 59.7 cm³/mol. The summed E-state index contributed by atoms with van der Waals surface area (Å²) in [4.78, 5) is 23.7. The Bertz CT molecular complexity index is 265. The first-order valence-electron chi connectivity index (χ1n) is 5.82. The third-order valence-electron chi connectivity index (χ3n) is 2.42. The van der Waals surface area contributed by atoms with Crippen molar-refractivity contribution in [1.29, 1.82) is 0 Å². The summed E-state index contributed by atoms with van der Waals surface area (Å²) in [5, 5.41) is 8.70. The molecule has 98 valence electrons. The van der Waals surface area contributed by atoms with Crippen molar-refractivity contribution in [2.75, 3.05) is 33.0 Å². The minimum atomic E-state index is -0.987. The molecule has 6 heteroatoms. The number of carbonyl (C=O) groups excluding carboxylic acids is 1. The van der Waals surface area contributed by atoms with Crippen LogP contribution in [0.1, 0.15) is 19.8 Å². The van der Waals surface area contributed by atoms with Crippen molar-refractivity contribution >= 4 is 11.9 Å². The lowest BCUT2D eigenvalue weighted by atomic mass is 10.4. The van der Waals surface area contributed by atoms with Gasteiger partial charge in [0.25, 0.3) is 0 Å². The molecule has 0 aliphatic heterocycles. The fraction of sp³-hybridized carbons (Fsp3) is 0.818. The maximum absolute atomic E-state index is 11.7. The third-order valence-corrected chi connectivity index (χ3v) is 2.42. The first-order valence-corrected chi connectivity index (χ1v) is 5.82. The summed E-state index contributed by atoms with van der Waals surface area (Å²) in [5.74, 6) is -1.24. The summed E-state index contributed by atoms with van der Waals surface area (Å²) >= 11 is 0. The largest absolute Gasteiger partial charge is 0.480 e. The minimum absolute atomic E-state index is 0.0726. The van der Waals surface area contributed by atoms with Crippen LogP contribution < -0.4 is 0 Å². The Balaban J connectivity index is 2.20. The summed E-state index contributed by atoms with van der Waals surface area (Å²) in [5.41, 5.74) is 0. The van der Waals surface area contributed by atoms with E-state index in [1.165, 1.54) is 4.90 Å². The van der Waals surface area contributed by atoms with Crippen LogP contribution in [0.15, 0.2) is 0 Å². The molecule has 0 bridgehead atoms. The number of nitrogens with zero attached hydrogens (tertiary/aromatic N) is 1. The zero-order valence-electron chi connectivity index (χ0n) is 10.1. The monoisotopic (exact) mass is 245 g/mol. The van der Waals surface area contributed by atoms with E-state index in [0.717, 1.165) is 12.8 Å². The van der Waals surface area contributed by atoms with Gasteiger partial charge < -0.3 is 19.5 Å². The maximum atomic E-state index is 11.7. The Hall–Kier alpha value is -1.14. The van der Waals surface area contributed by atoms with Crippen LogP contribution in [0.2, 0.25) is 0 Å². The Morgan fingerprint density at radius 2 is 1.94 bits per heavy atom. The number of amides is 1. The molecule has 1 rings (SSSR count). The second kappa shape index (κ2) is 7.24. The van der Waals surface area contributed by atoms with Gasteiger partial charge in [0, 0.05) is 12.6 Å². The molecule has 6 nitrogen and oxygen atoms in total. The highest BCUT2D eigenvalue weighted by Gasteiger charge is 2.33. The Morgan fingerprint density at radius 1 is 1.29 bits per heavy atom. The lowest BCUT2D eigenvalue weighted by Crippen LogP contribution is -2.39. The fourth-order valence-electron chi connectivity index (χ4n) is 1.46. The van der Waals surface area contributed by atoms with Gasteiger partial charge in [-0.1, -0.05) is 0 Å². The van der Waals surface area contributed by atoms with Crippen LogP contribution in [-0.4, -0.2) is 60.9 Å². The molecule has 0 heterocycles. The Labute approximate surface area is 100 Å². The van der Waals surface area contributed by atoms with E-state index in [-0.39, 0.29) is 25.1 Å². The molecule has 0 spiro atoms. The number of aliphatic carboxylic acids is 1. The van der Waals surface area contributed by atoms with E-state index < -0.39 is 5.97 Å². The number of ether oxygens (including phenoxy) is 2. The van der Waals surface area contributed by atoms with E-state index in [1.807, 2.05) is 6.92 Å². The van der Waals surface area contributed by atoms with Gasteiger partial charge in [-0.15, -0.1) is 0 Å². The highest BCUT2D eigenvalue weighted by molar-refractivity contribution is 5.82. The molecule has 0 aromatic rings. The lowest BCUT2D eigenvalue weighted by molar-refractivity contribution is -0.147. The topological polar surface area (TPSA) is 76.1 Å². The zero-order chi connectivity index (χ0) is 12.7. The van der Waals surface area contributed by atoms with Crippen molar-refractivity contribution < 1.29 is 24.2 Å². The van der Waals surface area contributed by atoms with Crippen molar-refractivity contribution in [3.63, 3.8) is 0 Å². The van der Waals surface area contributed by atoms with Crippen LogP contribution in [0, 0.1) is 0 Å². The molecular weight excluding hydrogens is 226 g/mol. The van der Waals surface area contributed by atoms with Gasteiger partial charge in [0.2, 0.25) is 5.91 Å². The molecule has 0 atom stereocenters. The molecule has 0 aromatic carbocycles. The fourth-order valence-corrected chi connectivity index (χ4v) is 1.46. The first kappa shape index (κ1) is 13.9. The smallest absolute Gasteiger partial charge is 0.323 e. The average Bonchev–Trinajstić information content (AvgIpc) is 3.09. The third kappa shape index (κ3) is 5.65. The van der Waals surface area contributed by atoms with Gasteiger partial charge in [-0.2, -0.15) is 0 Å². The maximum Gasteiger partial charge on any atom is 0.323 e. The molecule has 1 fully saturated rings. The van der Waals surface area contributed by atoms with Crippen molar-refractivity contribution in [3.8, 4) is 0 Å². The van der Waals surface area contributed by atoms with E-state index in [0.29, 0.717) is 19.8 Å². The van der Waals surface area contributed by atoms with E-state index in [9.17, 15) is 9.59 Å². The summed E-state index contributed by atoms with van der Waals surface area (Å²) in [7, 11) is 0. The van der Waals surface area contributed by atoms with Gasteiger partial charge >= 0.3 is 5.97 Å². The molecule has 1 amide bonds. The molecule has 0 aromatic heterocycles. The van der Waals surface area contributed by atoms with Gasteiger partial charge in [0.05, 0.1) is 13.2 Å². The first-order chi connectivity index (χ1) is 8.15. The molecule has 0 unspecified atom stereocenters. The van der Waals surface area contributed by atoms with E-state index >= 15 is 0 Å². The Morgan fingerprint density at radius 3 is 2.47 bits per heavy atom. The van der Waals surface area contributed by atoms with E-state index in [2.05, 4.69) is 0 Å². The summed E-state index contributed by atoms with van der Waals surface area (Å²) < 4.78 is 10.2. The molecule has 1 N–H and O–H groups in total. The van der Waals surface area contributed by atoms with Crippen LogP contribution in [0.25, 0.3) is 0 Å². The zero-order valence-corrected chi connectivity index (χ0v) is 10.1. The molecule has 1 saturated carbocycles. The highest BCUT2D eigenvalue weighted by Crippen LogP contribution is 2.26. The molecule has 0 radical (unpaired) electrons. The summed E-state index contributed by atoms with van der Waals surface area (Å²) in [6.45, 7) is 2.99. The van der Waals surface area contributed by atoms with E-state index in [1.54, 1.807) is 0 Å². The van der Waals surface area contributed by atoms with Crippen LogP contribution in [0.4, 0.5) is 0 Å².